The van der Waals surface area contributed by atoms with E-state index in [0.29, 0.717) is 0 Å². The van der Waals surface area contributed by atoms with E-state index in [1.54, 1.807) is 0 Å². The van der Waals surface area contributed by atoms with Gasteiger partial charge in [-0.05, 0) is 158 Å². The first-order chi connectivity index (χ1) is 28.3. The Kier molecular flexibility index (Phi) is 7.64. The SMILES string of the molecule is Cc1ccc(C(C)(C)C)cc1N(c1ccccc1)c1ccc2cc3c(cc2c1)-c1cc2cc(N(c4ccccc4)c4cccc5c4oc4ccccc45)ccc2cc1-3. The fourth-order valence-corrected chi connectivity index (χ4v) is 8.91. The van der Waals surface area contributed by atoms with Gasteiger partial charge in [-0.15, -0.1) is 0 Å². The van der Waals surface area contributed by atoms with Crippen LogP contribution in [0, 0.1) is 6.92 Å². The molecule has 1 heterocycles. The average molecular weight is 747 g/mol. The Morgan fingerprint density at radius 2 is 0.914 bits per heavy atom. The van der Waals surface area contributed by atoms with E-state index in [1.807, 2.05) is 12.1 Å². The first-order valence-corrected chi connectivity index (χ1v) is 20.2. The van der Waals surface area contributed by atoms with Crippen LogP contribution in [0.25, 0.3) is 65.7 Å². The zero-order valence-electron chi connectivity index (χ0n) is 33.1. The molecule has 10 aromatic rings. The van der Waals surface area contributed by atoms with Crippen LogP contribution < -0.4 is 9.80 Å². The van der Waals surface area contributed by atoms with Crippen molar-refractivity contribution < 1.29 is 4.42 Å². The number of hydrogen-bond acceptors (Lipinski definition) is 3. The minimum Gasteiger partial charge on any atom is -0.454 e. The summed E-state index contributed by atoms with van der Waals surface area (Å²) in [4.78, 5) is 4.74. The minimum atomic E-state index is 0.0389. The van der Waals surface area contributed by atoms with Crippen molar-refractivity contribution in [2.45, 2.75) is 33.1 Å². The number of furan rings is 1. The van der Waals surface area contributed by atoms with Crippen molar-refractivity contribution in [3.05, 3.63) is 193 Å². The van der Waals surface area contributed by atoms with Gasteiger partial charge < -0.3 is 14.2 Å². The summed E-state index contributed by atoms with van der Waals surface area (Å²) in [6.07, 6.45) is 0. The predicted octanol–water partition coefficient (Wildman–Crippen LogP) is 16.1. The molecule has 0 atom stereocenters. The fourth-order valence-electron chi connectivity index (χ4n) is 8.91. The van der Waals surface area contributed by atoms with Crippen molar-refractivity contribution in [2.24, 2.45) is 0 Å². The number of fused-ring (bicyclic) bond motifs is 9. The molecule has 1 aliphatic carbocycles. The van der Waals surface area contributed by atoms with Crippen LogP contribution in [-0.4, -0.2) is 0 Å². The molecule has 58 heavy (non-hydrogen) atoms. The van der Waals surface area contributed by atoms with Crippen molar-refractivity contribution in [2.75, 3.05) is 9.80 Å². The summed E-state index contributed by atoms with van der Waals surface area (Å²) in [5.41, 5.74) is 16.3. The van der Waals surface area contributed by atoms with Crippen molar-refractivity contribution in [3.8, 4) is 22.3 Å². The van der Waals surface area contributed by atoms with E-state index in [0.717, 1.165) is 50.4 Å². The van der Waals surface area contributed by atoms with Crippen LogP contribution in [0.1, 0.15) is 31.9 Å². The molecule has 3 nitrogen and oxygen atoms in total. The van der Waals surface area contributed by atoms with Gasteiger partial charge in [0.1, 0.15) is 5.58 Å². The lowest BCUT2D eigenvalue weighted by molar-refractivity contribution is 0.590. The summed E-state index contributed by atoms with van der Waals surface area (Å²) < 4.78 is 6.57. The van der Waals surface area contributed by atoms with E-state index in [1.165, 1.54) is 60.6 Å². The smallest absolute Gasteiger partial charge is 0.159 e. The van der Waals surface area contributed by atoms with E-state index in [2.05, 4.69) is 207 Å². The Morgan fingerprint density at radius 3 is 1.50 bits per heavy atom. The maximum atomic E-state index is 6.57. The molecule has 0 saturated heterocycles. The monoisotopic (exact) mass is 746 g/mol. The van der Waals surface area contributed by atoms with Crippen LogP contribution in [0.2, 0.25) is 0 Å². The molecule has 0 bridgehead atoms. The zero-order chi connectivity index (χ0) is 39.1. The normalized spacial score (nSPS) is 12.1. The lowest BCUT2D eigenvalue weighted by Gasteiger charge is -2.30. The van der Waals surface area contributed by atoms with E-state index in [4.69, 9.17) is 4.42 Å². The molecule has 0 N–H and O–H groups in total. The van der Waals surface area contributed by atoms with Crippen molar-refractivity contribution in [1.82, 2.24) is 0 Å². The molecular weight excluding hydrogens is 705 g/mol. The second kappa shape index (κ2) is 13.0. The number of aryl methyl sites for hydroxylation is 1. The highest BCUT2D eigenvalue weighted by Gasteiger charge is 2.26. The summed E-state index contributed by atoms with van der Waals surface area (Å²) >= 11 is 0. The average Bonchev–Trinajstić information content (AvgIpc) is 3.63. The Bertz CT molecular complexity index is 3230. The molecule has 0 fully saturated rings. The van der Waals surface area contributed by atoms with Crippen LogP contribution >= 0.6 is 0 Å². The highest BCUT2D eigenvalue weighted by molar-refractivity contribution is 6.13. The van der Waals surface area contributed by atoms with Crippen LogP contribution in [0.5, 0.6) is 0 Å². The highest BCUT2D eigenvalue weighted by atomic mass is 16.3. The Balaban J connectivity index is 1.02. The minimum absolute atomic E-state index is 0.0389. The molecule has 9 aromatic carbocycles. The van der Waals surface area contributed by atoms with Gasteiger partial charge >= 0.3 is 0 Å². The molecule has 0 saturated carbocycles. The van der Waals surface area contributed by atoms with Crippen molar-refractivity contribution in [3.63, 3.8) is 0 Å². The molecule has 0 radical (unpaired) electrons. The van der Waals surface area contributed by atoms with Crippen molar-refractivity contribution in [1.29, 1.82) is 0 Å². The van der Waals surface area contributed by atoms with Crippen LogP contribution in [0.15, 0.2) is 186 Å². The van der Waals surface area contributed by atoms with Gasteiger partial charge in [0, 0.05) is 39.2 Å². The van der Waals surface area contributed by atoms with E-state index < -0.39 is 0 Å². The van der Waals surface area contributed by atoms with Gasteiger partial charge in [-0.3, -0.25) is 0 Å². The predicted molar refractivity (Wildman–Crippen MR) is 246 cm³/mol. The largest absolute Gasteiger partial charge is 0.454 e. The maximum absolute atomic E-state index is 6.57. The Hall–Kier alpha value is -7.10. The number of rotatable bonds is 6. The third-order valence-electron chi connectivity index (χ3n) is 12.0. The second-order valence-corrected chi connectivity index (χ2v) is 16.7. The Morgan fingerprint density at radius 1 is 0.397 bits per heavy atom. The summed E-state index contributed by atoms with van der Waals surface area (Å²) in [5, 5.41) is 7.15. The Labute approximate surface area is 339 Å². The van der Waals surface area contributed by atoms with Crippen molar-refractivity contribution >= 4 is 77.6 Å². The molecule has 11 rings (SSSR count). The molecule has 1 aliphatic rings. The first kappa shape index (κ1) is 34.2. The summed E-state index contributed by atoms with van der Waals surface area (Å²) in [6.45, 7) is 9.07. The molecule has 0 unspecified atom stereocenters. The summed E-state index contributed by atoms with van der Waals surface area (Å²) in [5.74, 6) is 0. The number of benzene rings is 9. The van der Waals surface area contributed by atoms with Gasteiger partial charge in [0.2, 0.25) is 0 Å². The maximum Gasteiger partial charge on any atom is 0.159 e. The third-order valence-corrected chi connectivity index (χ3v) is 12.0. The fraction of sp³-hybridized carbons (Fsp3) is 0.0909. The van der Waals surface area contributed by atoms with Gasteiger partial charge in [0.05, 0.1) is 5.69 Å². The lowest BCUT2D eigenvalue weighted by atomic mass is 9.78. The number of hydrogen-bond donors (Lipinski definition) is 0. The van der Waals surface area contributed by atoms with Crippen LogP contribution in [0.3, 0.4) is 0 Å². The molecule has 0 spiro atoms. The lowest BCUT2D eigenvalue weighted by Crippen LogP contribution is -2.15. The standard InChI is InChI=1S/C55H42N2O/c1-35-22-25-40(55(2,3)4)34-52(35)57(42-16-9-6-10-17-42)44-27-24-37-31-48-47-30-36-23-26-43(28-38(36)32-49(47)50(48)33-39(37)29-44)56(41-14-7-5-8-15-41)51-20-13-19-46-45-18-11-12-21-53(45)58-54(46)51/h5-34H,1-4H3. The van der Waals surface area contributed by atoms with Gasteiger partial charge in [0.25, 0.3) is 0 Å². The topological polar surface area (TPSA) is 19.6 Å². The second-order valence-electron chi connectivity index (χ2n) is 16.7. The van der Waals surface area contributed by atoms with Crippen LogP contribution in [0.4, 0.5) is 34.1 Å². The van der Waals surface area contributed by atoms with Gasteiger partial charge in [0.15, 0.2) is 5.58 Å². The molecular formula is C55H42N2O. The van der Waals surface area contributed by atoms with E-state index in [9.17, 15) is 0 Å². The summed E-state index contributed by atoms with van der Waals surface area (Å²) in [7, 11) is 0. The third kappa shape index (κ3) is 5.49. The van der Waals surface area contributed by atoms with Gasteiger partial charge in [-0.2, -0.15) is 0 Å². The number of anilines is 6. The number of nitrogens with zero attached hydrogens (tertiary/aromatic N) is 2. The molecule has 0 amide bonds. The quantitative estimate of drug-likeness (QED) is 0.169. The zero-order valence-corrected chi connectivity index (χ0v) is 33.1. The van der Waals surface area contributed by atoms with Crippen LogP contribution in [-0.2, 0) is 5.41 Å². The molecule has 3 heteroatoms. The molecule has 278 valence electrons. The first-order valence-electron chi connectivity index (χ1n) is 20.2. The van der Waals surface area contributed by atoms with Gasteiger partial charge in [-0.1, -0.05) is 112 Å². The van der Waals surface area contributed by atoms with E-state index in [-0.39, 0.29) is 5.41 Å². The number of para-hydroxylation sites is 4. The van der Waals surface area contributed by atoms with E-state index >= 15 is 0 Å². The summed E-state index contributed by atoms with van der Waals surface area (Å²) in [6, 6.07) is 66.3. The molecule has 1 aromatic heterocycles. The van der Waals surface area contributed by atoms with Gasteiger partial charge in [-0.25, -0.2) is 0 Å². The molecule has 0 aliphatic heterocycles. The highest BCUT2D eigenvalue weighted by Crippen LogP contribution is 2.52.